The third kappa shape index (κ3) is 11.8. The molecule has 0 bridgehead atoms. The van der Waals surface area contributed by atoms with E-state index in [9.17, 15) is 9.59 Å². The summed E-state index contributed by atoms with van der Waals surface area (Å²) in [6.45, 7) is 0. The highest BCUT2D eigenvalue weighted by Gasteiger charge is 2.21. The summed E-state index contributed by atoms with van der Waals surface area (Å²) in [5.74, 6) is 0.192. The monoisotopic (exact) mass is 588 g/mol. The standard InChI is InChI=1S/C26H32N6O4S3/c1-35-21(17-9-5-3-6-10-17)23(33)31-25(29)38-19(27)13-15-37-16-14-20(28)39-26(30)32-24(34)22(36-2)18-11-7-4-8-12-18/h3-12,21-22,27-28H,13-16H2,1-2H3,(H2,29,31,33)(H2,30,32,34). The number of amides is 2. The highest BCUT2D eigenvalue weighted by molar-refractivity contribution is 8.26. The van der Waals surface area contributed by atoms with Crippen LogP contribution >= 0.6 is 35.3 Å². The maximum atomic E-state index is 12.4. The molecule has 0 aliphatic rings. The topological polar surface area (TPSA) is 177 Å². The van der Waals surface area contributed by atoms with Gasteiger partial charge in [-0.1, -0.05) is 60.7 Å². The second kappa shape index (κ2) is 17.6. The first kappa shape index (κ1) is 32.2. The molecule has 0 saturated heterocycles. The Morgan fingerprint density at radius 1 is 0.744 bits per heavy atom. The molecule has 2 unspecified atom stereocenters. The molecule has 2 aromatic rings. The first-order valence-electron chi connectivity index (χ1n) is 11.7. The van der Waals surface area contributed by atoms with Gasteiger partial charge in [-0.3, -0.25) is 20.4 Å². The van der Waals surface area contributed by atoms with Crippen molar-refractivity contribution >= 4 is 67.5 Å². The quantitative estimate of drug-likeness (QED) is 0.159. The third-order valence-corrected chi connectivity index (χ3v) is 7.46. The van der Waals surface area contributed by atoms with Crippen LogP contribution in [0.25, 0.3) is 0 Å². The Bertz CT molecular complexity index is 1090. The van der Waals surface area contributed by atoms with Crippen LogP contribution in [-0.4, -0.2) is 58.0 Å². The van der Waals surface area contributed by atoms with Gasteiger partial charge in [0.05, 0.1) is 10.1 Å². The number of nitrogens with one attached hydrogen (secondary N) is 2. The molecule has 0 heterocycles. The lowest BCUT2D eigenvalue weighted by Gasteiger charge is -2.12. The summed E-state index contributed by atoms with van der Waals surface area (Å²) in [4.78, 5) is 32.6. The minimum absolute atomic E-state index is 0.0153. The SMILES string of the molecule is COC(C(=O)N=C(N)SC(=N)CCSCCC(=N)SC(N)=NC(=O)C(OC)c1ccccc1)c1ccccc1. The van der Waals surface area contributed by atoms with E-state index in [0.29, 0.717) is 35.5 Å². The van der Waals surface area contributed by atoms with Gasteiger partial charge in [-0.05, 0) is 46.2 Å². The van der Waals surface area contributed by atoms with Gasteiger partial charge in [0.25, 0.3) is 11.8 Å². The van der Waals surface area contributed by atoms with E-state index in [1.807, 2.05) is 12.1 Å². The molecule has 0 aromatic heterocycles. The maximum absolute atomic E-state index is 12.4. The minimum atomic E-state index is -0.856. The van der Waals surface area contributed by atoms with Crippen molar-refractivity contribution in [3.63, 3.8) is 0 Å². The smallest absolute Gasteiger partial charge is 0.281 e. The summed E-state index contributed by atoms with van der Waals surface area (Å²) in [5, 5.41) is 16.7. The maximum Gasteiger partial charge on any atom is 0.281 e. The van der Waals surface area contributed by atoms with Crippen molar-refractivity contribution in [1.29, 1.82) is 10.8 Å². The molecular weight excluding hydrogens is 557 g/mol. The Hall–Kier alpha value is -2.97. The molecule has 2 atom stereocenters. The van der Waals surface area contributed by atoms with E-state index in [2.05, 4.69) is 9.98 Å². The molecule has 0 saturated carbocycles. The van der Waals surface area contributed by atoms with Gasteiger partial charge in [-0.15, -0.1) is 0 Å². The fourth-order valence-electron chi connectivity index (χ4n) is 3.18. The van der Waals surface area contributed by atoms with Crippen LogP contribution < -0.4 is 11.5 Å². The van der Waals surface area contributed by atoms with E-state index in [-0.39, 0.29) is 20.4 Å². The van der Waals surface area contributed by atoms with Crippen molar-refractivity contribution in [1.82, 2.24) is 0 Å². The molecule has 0 aliphatic heterocycles. The molecule has 10 nitrogen and oxygen atoms in total. The fraction of sp³-hybridized carbons (Fsp3) is 0.308. The average Bonchev–Trinajstić information content (AvgIpc) is 2.90. The van der Waals surface area contributed by atoms with E-state index in [4.69, 9.17) is 31.8 Å². The van der Waals surface area contributed by atoms with Crippen LogP contribution in [0, 0.1) is 10.8 Å². The van der Waals surface area contributed by atoms with Crippen molar-refractivity contribution < 1.29 is 19.1 Å². The number of carbonyl (C=O) groups is 2. The van der Waals surface area contributed by atoms with E-state index in [1.54, 1.807) is 60.3 Å². The van der Waals surface area contributed by atoms with Gasteiger partial charge < -0.3 is 20.9 Å². The lowest BCUT2D eigenvalue weighted by molar-refractivity contribution is -0.128. The molecule has 6 N–H and O–H groups in total. The van der Waals surface area contributed by atoms with Gasteiger partial charge in [0, 0.05) is 27.1 Å². The van der Waals surface area contributed by atoms with Gasteiger partial charge in [-0.2, -0.15) is 21.7 Å². The predicted molar refractivity (Wildman–Crippen MR) is 163 cm³/mol. The van der Waals surface area contributed by atoms with Crippen LogP contribution in [-0.2, 0) is 19.1 Å². The number of nitrogens with zero attached hydrogens (tertiary/aromatic N) is 2. The van der Waals surface area contributed by atoms with Gasteiger partial charge >= 0.3 is 0 Å². The Labute approximate surface area is 240 Å². The van der Waals surface area contributed by atoms with Crippen molar-refractivity contribution in [3.8, 4) is 0 Å². The summed E-state index contributed by atoms with van der Waals surface area (Å²) in [6, 6.07) is 18.0. The summed E-state index contributed by atoms with van der Waals surface area (Å²) in [5.41, 5.74) is 13.1. The lowest BCUT2D eigenvalue weighted by atomic mass is 10.1. The fourth-order valence-corrected chi connectivity index (χ4v) is 5.52. The summed E-state index contributed by atoms with van der Waals surface area (Å²) in [6.07, 6.45) is -0.845. The summed E-state index contributed by atoms with van der Waals surface area (Å²) >= 11 is 3.42. The zero-order chi connectivity index (χ0) is 28.6. The molecule has 2 rings (SSSR count). The number of methoxy groups -OCH3 is 2. The molecule has 0 radical (unpaired) electrons. The van der Waals surface area contributed by atoms with Crippen LogP contribution in [0.5, 0.6) is 0 Å². The highest BCUT2D eigenvalue weighted by Crippen LogP contribution is 2.21. The van der Waals surface area contributed by atoms with Crippen molar-refractivity contribution in [2.75, 3.05) is 25.7 Å². The molecular formula is C26H32N6O4S3. The second-order valence-corrected chi connectivity index (χ2v) is 11.2. The largest absolute Gasteiger partial charge is 0.378 e. The Kier molecular flexibility index (Phi) is 14.5. The number of nitrogens with two attached hydrogens (primary N) is 2. The number of ether oxygens (including phenoxy) is 2. The van der Waals surface area contributed by atoms with Crippen LogP contribution in [0.2, 0.25) is 0 Å². The lowest BCUT2D eigenvalue weighted by Crippen LogP contribution is -2.18. The average molecular weight is 589 g/mol. The Morgan fingerprint density at radius 3 is 1.44 bits per heavy atom. The molecule has 2 amide bonds. The van der Waals surface area contributed by atoms with Crippen LogP contribution in [0.3, 0.4) is 0 Å². The number of thioether (sulfide) groups is 3. The van der Waals surface area contributed by atoms with Gasteiger partial charge in [0.1, 0.15) is 0 Å². The molecule has 0 fully saturated rings. The van der Waals surface area contributed by atoms with Crippen LogP contribution in [0.1, 0.15) is 36.2 Å². The number of benzene rings is 2. The molecule has 2 aromatic carbocycles. The first-order chi connectivity index (χ1) is 18.7. The van der Waals surface area contributed by atoms with Crippen LogP contribution in [0.15, 0.2) is 70.6 Å². The van der Waals surface area contributed by atoms with Gasteiger partial charge in [-0.25, -0.2) is 0 Å². The second-order valence-electron chi connectivity index (χ2n) is 7.79. The van der Waals surface area contributed by atoms with Gasteiger partial charge in [0.15, 0.2) is 22.5 Å². The summed E-state index contributed by atoms with van der Waals surface area (Å²) in [7, 11) is 2.85. The Morgan fingerprint density at radius 2 is 1.10 bits per heavy atom. The van der Waals surface area contributed by atoms with E-state index in [1.165, 1.54) is 14.2 Å². The first-order valence-corrected chi connectivity index (χ1v) is 14.5. The molecule has 39 heavy (non-hydrogen) atoms. The highest BCUT2D eigenvalue weighted by atomic mass is 32.2. The normalized spacial score (nSPS) is 13.5. The predicted octanol–water partition coefficient (Wildman–Crippen LogP) is 4.38. The Balaban J connectivity index is 1.69. The number of amidine groups is 2. The van der Waals surface area contributed by atoms with Crippen molar-refractivity contribution in [2.24, 2.45) is 21.5 Å². The van der Waals surface area contributed by atoms with E-state index >= 15 is 0 Å². The molecule has 0 aliphatic carbocycles. The zero-order valence-corrected chi connectivity index (χ0v) is 24.1. The molecule has 0 spiro atoms. The summed E-state index contributed by atoms with van der Waals surface area (Å²) < 4.78 is 10.5. The number of aliphatic imine (C=N–C) groups is 2. The van der Waals surface area contributed by atoms with Gasteiger partial charge in [0.2, 0.25) is 0 Å². The van der Waals surface area contributed by atoms with E-state index < -0.39 is 24.0 Å². The minimum Gasteiger partial charge on any atom is -0.378 e. The molecule has 13 heteroatoms. The number of hydrogen-bond donors (Lipinski definition) is 4. The molecule has 208 valence electrons. The number of carbonyl (C=O) groups excluding carboxylic acids is 2. The number of hydrogen-bond acceptors (Lipinski definition) is 9. The van der Waals surface area contributed by atoms with Crippen LogP contribution in [0.4, 0.5) is 0 Å². The van der Waals surface area contributed by atoms with Crippen molar-refractivity contribution in [2.45, 2.75) is 25.0 Å². The number of rotatable bonds is 12. The zero-order valence-electron chi connectivity index (χ0n) is 21.7. The van der Waals surface area contributed by atoms with Crippen molar-refractivity contribution in [3.05, 3.63) is 71.8 Å². The third-order valence-electron chi connectivity index (χ3n) is 4.97. The van der Waals surface area contributed by atoms with E-state index in [0.717, 1.165) is 23.5 Å².